The van der Waals surface area contributed by atoms with Crippen LogP contribution in [0.4, 0.5) is 8.78 Å². The van der Waals surface area contributed by atoms with Crippen LogP contribution in [0.15, 0.2) is 24.3 Å². The number of nitrogens with zero attached hydrogens (tertiary/aromatic N) is 1. The van der Waals surface area contributed by atoms with E-state index in [4.69, 9.17) is 22.7 Å². The molecule has 1 heterocycles. The van der Waals surface area contributed by atoms with Crippen LogP contribution >= 0.6 is 12.2 Å². The van der Waals surface area contributed by atoms with E-state index in [-0.39, 0.29) is 16.6 Å². The molecule has 0 amide bonds. The summed E-state index contributed by atoms with van der Waals surface area (Å²) < 4.78 is 32.2. The van der Waals surface area contributed by atoms with Gasteiger partial charge in [-0.1, -0.05) is 18.3 Å². The van der Waals surface area contributed by atoms with Crippen molar-refractivity contribution in [3.8, 4) is 11.6 Å². The molecule has 0 atom stereocenters. The molecule has 0 radical (unpaired) electrons. The molecular formula is C14H12F2N2OS. The summed E-state index contributed by atoms with van der Waals surface area (Å²) in [6, 6.07) is 5.44. The first-order valence-electron chi connectivity index (χ1n) is 5.80. The molecule has 0 fully saturated rings. The van der Waals surface area contributed by atoms with Crippen molar-refractivity contribution in [3.05, 3.63) is 52.7 Å². The molecule has 0 saturated heterocycles. The standard InChI is InChI=1S/C14H12F2N2OS/c1-7-6-8(2)18-14(11(7)13(17)20)19-10-5-3-4-9(15)12(10)16/h3-6H,1-2H3,(H2,17,20). The Hall–Kier alpha value is -2.08. The molecule has 0 saturated carbocycles. The van der Waals surface area contributed by atoms with E-state index in [0.717, 1.165) is 11.6 Å². The van der Waals surface area contributed by atoms with E-state index in [1.54, 1.807) is 19.9 Å². The summed E-state index contributed by atoms with van der Waals surface area (Å²) in [5.41, 5.74) is 7.46. The Labute approximate surface area is 120 Å². The van der Waals surface area contributed by atoms with Gasteiger partial charge in [0.15, 0.2) is 11.6 Å². The zero-order chi connectivity index (χ0) is 14.9. The summed E-state index contributed by atoms with van der Waals surface area (Å²) in [6.07, 6.45) is 0. The normalized spacial score (nSPS) is 10.4. The summed E-state index contributed by atoms with van der Waals surface area (Å²) in [6.45, 7) is 3.54. The van der Waals surface area contributed by atoms with Gasteiger partial charge in [-0.3, -0.25) is 0 Å². The Morgan fingerprint density at radius 2 is 2.00 bits per heavy atom. The van der Waals surface area contributed by atoms with Gasteiger partial charge in [0.05, 0.1) is 5.56 Å². The average molecular weight is 294 g/mol. The molecule has 6 heteroatoms. The molecule has 0 aliphatic rings. The van der Waals surface area contributed by atoms with E-state index in [0.29, 0.717) is 11.3 Å². The van der Waals surface area contributed by atoms with Crippen LogP contribution in [0.1, 0.15) is 16.8 Å². The van der Waals surface area contributed by atoms with Gasteiger partial charge < -0.3 is 10.5 Å². The van der Waals surface area contributed by atoms with Crippen LogP contribution in [0, 0.1) is 25.5 Å². The minimum atomic E-state index is -1.08. The molecule has 0 unspecified atom stereocenters. The zero-order valence-electron chi connectivity index (χ0n) is 10.9. The molecule has 2 rings (SSSR count). The SMILES string of the molecule is Cc1cc(C)c(C(N)=S)c(Oc2cccc(F)c2F)n1. The fourth-order valence-corrected chi connectivity index (χ4v) is 2.09. The molecule has 20 heavy (non-hydrogen) atoms. The van der Waals surface area contributed by atoms with Crippen LogP contribution in [0.2, 0.25) is 0 Å². The van der Waals surface area contributed by atoms with Gasteiger partial charge in [-0.2, -0.15) is 4.39 Å². The number of nitrogens with two attached hydrogens (primary N) is 1. The summed E-state index contributed by atoms with van der Waals surface area (Å²) in [4.78, 5) is 4.23. The Balaban J connectivity index is 2.53. The van der Waals surface area contributed by atoms with Gasteiger partial charge in [0.25, 0.3) is 0 Å². The third-order valence-electron chi connectivity index (χ3n) is 2.68. The second-order valence-electron chi connectivity index (χ2n) is 4.28. The van der Waals surface area contributed by atoms with Crippen molar-refractivity contribution in [2.75, 3.05) is 0 Å². The minimum absolute atomic E-state index is 0.0690. The number of aromatic nitrogens is 1. The molecule has 104 valence electrons. The first kappa shape index (κ1) is 14.3. The van der Waals surface area contributed by atoms with Crippen LogP contribution in [0.5, 0.6) is 11.6 Å². The smallest absolute Gasteiger partial charge is 0.230 e. The van der Waals surface area contributed by atoms with Gasteiger partial charge >= 0.3 is 0 Å². The molecule has 0 spiro atoms. The minimum Gasteiger partial charge on any atom is -0.435 e. The third kappa shape index (κ3) is 2.75. The highest BCUT2D eigenvalue weighted by atomic mass is 32.1. The number of pyridine rings is 1. The lowest BCUT2D eigenvalue weighted by atomic mass is 10.1. The van der Waals surface area contributed by atoms with Gasteiger partial charge in [0.1, 0.15) is 4.99 Å². The largest absolute Gasteiger partial charge is 0.435 e. The molecule has 0 aliphatic carbocycles. The number of benzene rings is 1. The second kappa shape index (κ2) is 5.50. The number of hydrogen-bond donors (Lipinski definition) is 1. The number of aryl methyl sites for hydroxylation is 2. The van der Waals surface area contributed by atoms with Gasteiger partial charge in [-0.05, 0) is 37.6 Å². The number of thiocarbonyl (C=S) groups is 1. The van der Waals surface area contributed by atoms with Crippen LogP contribution in [-0.2, 0) is 0 Å². The fourth-order valence-electron chi connectivity index (χ4n) is 1.84. The third-order valence-corrected chi connectivity index (χ3v) is 2.88. The van der Waals surface area contributed by atoms with Crippen molar-refractivity contribution in [2.45, 2.75) is 13.8 Å². The van der Waals surface area contributed by atoms with Gasteiger partial charge in [0, 0.05) is 5.69 Å². The zero-order valence-corrected chi connectivity index (χ0v) is 11.7. The quantitative estimate of drug-likeness (QED) is 0.881. The second-order valence-corrected chi connectivity index (χ2v) is 4.72. The van der Waals surface area contributed by atoms with E-state index in [9.17, 15) is 8.78 Å². The molecular weight excluding hydrogens is 282 g/mol. The van der Waals surface area contributed by atoms with Crippen molar-refractivity contribution in [3.63, 3.8) is 0 Å². The molecule has 2 aromatic rings. The highest BCUT2D eigenvalue weighted by Crippen LogP contribution is 2.29. The predicted octanol–water partition coefficient (Wildman–Crippen LogP) is 3.40. The van der Waals surface area contributed by atoms with Crippen LogP contribution in [-0.4, -0.2) is 9.97 Å². The molecule has 0 bridgehead atoms. The van der Waals surface area contributed by atoms with Crippen LogP contribution < -0.4 is 10.5 Å². The lowest BCUT2D eigenvalue weighted by Crippen LogP contribution is -2.14. The maximum absolute atomic E-state index is 13.6. The van der Waals surface area contributed by atoms with Crippen molar-refractivity contribution >= 4 is 17.2 Å². The van der Waals surface area contributed by atoms with E-state index in [2.05, 4.69) is 4.98 Å². The first-order chi connectivity index (χ1) is 9.40. The number of halogens is 2. The van der Waals surface area contributed by atoms with E-state index < -0.39 is 11.6 Å². The van der Waals surface area contributed by atoms with Crippen molar-refractivity contribution in [2.24, 2.45) is 5.73 Å². The van der Waals surface area contributed by atoms with Gasteiger partial charge in [0.2, 0.25) is 11.7 Å². The summed E-state index contributed by atoms with van der Waals surface area (Å²) >= 11 is 4.95. The van der Waals surface area contributed by atoms with Crippen molar-refractivity contribution in [1.82, 2.24) is 4.98 Å². The number of ether oxygens (including phenoxy) is 1. The van der Waals surface area contributed by atoms with E-state index in [1.807, 2.05) is 0 Å². The topological polar surface area (TPSA) is 48.1 Å². The lowest BCUT2D eigenvalue weighted by Gasteiger charge is -2.13. The molecule has 1 aromatic heterocycles. The summed E-state index contributed by atoms with van der Waals surface area (Å²) in [7, 11) is 0. The van der Waals surface area contributed by atoms with Crippen LogP contribution in [0.3, 0.4) is 0 Å². The number of hydrogen-bond acceptors (Lipinski definition) is 3. The van der Waals surface area contributed by atoms with Gasteiger partial charge in [-0.15, -0.1) is 0 Å². The average Bonchev–Trinajstić information content (AvgIpc) is 2.33. The highest BCUT2D eigenvalue weighted by molar-refractivity contribution is 7.80. The van der Waals surface area contributed by atoms with Gasteiger partial charge in [-0.25, -0.2) is 9.37 Å². The molecule has 0 aliphatic heterocycles. The lowest BCUT2D eigenvalue weighted by molar-refractivity contribution is 0.404. The monoisotopic (exact) mass is 294 g/mol. The fraction of sp³-hybridized carbons (Fsp3) is 0.143. The Bertz CT molecular complexity index is 689. The van der Waals surface area contributed by atoms with E-state index in [1.165, 1.54) is 12.1 Å². The maximum Gasteiger partial charge on any atom is 0.230 e. The highest BCUT2D eigenvalue weighted by Gasteiger charge is 2.16. The van der Waals surface area contributed by atoms with E-state index >= 15 is 0 Å². The van der Waals surface area contributed by atoms with Crippen molar-refractivity contribution in [1.29, 1.82) is 0 Å². The Morgan fingerprint density at radius 3 is 2.65 bits per heavy atom. The molecule has 2 N–H and O–H groups in total. The summed E-state index contributed by atoms with van der Waals surface area (Å²) in [5, 5.41) is 0. The molecule has 1 aromatic carbocycles. The van der Waals surface area contributed by atoms with Crippen molar-refractivity contribution < 1.29 is 13.5 Å². The predicted molar refractivity (Wildman–Crippen MR) is 76.0 cm³/mol. The number of rotatable bonds is 3. The Kier molecular flexibility index (Phi) is 3.94. The summed E-state index contributed by atoms with van der Waals surface area (Å²) in [5.74, 6) is -2.27. The Morgan fingerprint density at radius 1 is 1.30 bits per heavy atom. The van der Waals surface area contributed by atoms with Crippen LogP contribution in [0.25, 0.3) is 0 Å². The molecule has 3 nitrogen and oxygen atoms in total. The maximum atomic E-state index is 13.6. The first-order valence-corrected chi connectivity index (χ1v) is 6.21.